The van der Waals surface area contributed by atoms with Crippen molar-refractivity contribution in [3.63, 3.8) is 0 Å². The third-order valence-corrected chi connectivity index (χ3v) is 0.993. The fraction of sp³-hybridized carbons (Fsp3) is 0.200. The van der Waals surface area contributed by atoms with E-state index < -0.39 is 5.75 Å². The van der Waals surface area contributed by atoms with Crippen molar-refractivity contribution in [2.45, 2.75) is 13.8 Å². The topological polar surface area (TPSA) is 95.7 Å². The SMILES string of the molecule is C=C(C)C.N.Oc1cccc(O)c1O. The molecule has 0 aliphatic heterocycles. The van der Waals surface area contributed by atoms with Crippen molar-refractivity contribution >= 4 is 0 Å². The smallest absolute Gasteiger partial charge is 0.200 e. The second kappa shape index (κ2) is 6.80. The van der Waals surface area contributed by atoms with Gasteiger partial charge in [0.2, 0.25) is 0 Å². The fourth-order valence-electron chi connectivity index (χ4n) is 0.519. The van der Waals surface area contributed by atoms with Gasteiger partial charge in [-0.05, 0) is 26.0 Å². The predicted octanol–water partition coefficient (Wildman–Crippen LogP) is 2.55. The van der Waals surface area contributed by atoms with Gasteiger partial charge in [-0.15, -0.1) is 6.58 Å². The molecule has 0 heterocycles. The molecular weight excluding hydrogens is 182 g/mol. The largest absolute Gasteiger partial charge is 0.504 e. The third kappa shape index (κ3) is 5.91. The Morgan fingerprint density at radius 2 is 1.36 bits per heavy atom. The van der Waals surface area contributed by atoms with Crippen LogP contribution in [0.15, 0.2) is 30.4 Å². The molecule has 0 fully saturated rings. The van der Waals surface area contributed by atoms with Crippen LogP contribution in [-0.2, 0) is 0 Å². The van der Waals surface area contributed by atoms with E-state index in [9.17, 15) is 0 Å². The quantitative estimate of drug-likeness (QED) is 0.381. The molecule has 14 heavy (non-hydrogen) atoms. The molecule has 0 atom stereocenters. The van der Waals surface area contributed by atoms with Gasteiger partial charge in [0.25, 0.3) is 0 Å². The van der Waals surface area contributed by atoms with E-state index in [1.165, 1.54) is 23.8 Å². The Kier molecular flexibility index (Phi) is 7.19. The van der Waals surface area contributed by atoms with Gasteiger partial charge in [-0.2, -0.15) is 0 Å². The van der Waals surface area contributed by atoms with Crippen molar-refractivity contribution in [3.8, 4) is 17.2 Å². The normalized spacial score (nSPS) is 7.86. The second-order valence-electron chi connectivity index (χ2n) is 2.85. The van der Waals surface area contributed by atoms with E-state index in [1.807, 2.05) is 13.8 Å². The van der Waals surface area contributed by atoms with E-state index in [-0.39, 0.29) is 17.6 Å². The summed E-state index contributed by atoms with van der Waals surface area (Å²) in [6, 6.07) is 4.01. The Morgan fingerprint density at radius 3 is 1.57 bits per heavy atom. The number of para-hydroxylation sites is 1. The van der Waals surface area contributed by atoms with Gasteiger partial charge in [-0.25, -0.2) is 0 Å². The number of phenolic OH excluding ortho intramolecular Hbond substituents is 3. The van der Waals surface area contributed by atoms with E-state index >= 15 is 0 Å². The van der Waals surface area contributed by atoms with Crippen LogP contribution in [0.3, 0.4) is 0 Å². The summed E-state index contributed by atoms with van der Waals surface area (Å²) >= 11 is 0. The highest BCUT2D eigenvalue weighted by Crippen LogP contribution is 2.32. The van der Waals surface area contributed by atoms with Crippen LogP contribution in [0.2, 0.25) is 0 Å². The van der Waals surface area contributed by atoms with E-state index in [0.29, 0.717) is 0 Å². The van der Waals surface area contributed by atoms with E-state index in [4.69, 9.17) is 15.3 Å². The average Bonchev–Trinajstić information content (AvgIpc) is 1.99. The van der Waals surface area contributed by atoms with Crippen molar-refractivity contribution in [1.29, 1.82) is 0 Å². The zero-order valence-electron chi connectivity index (χ0n) is 8.49. The van der Waals surface area contributed by atoms with Gasteiger partial charge in [0.1, 0.15) is 0 Å². The van der Waals surface area contributed by atoms with Crippen LogP contribution < -0.4 is 6.15 Å². The molecule has 0 unspecified atom stereocenters. The Hall–Kier alpha value is -1.68. The van der Waals surface area contributed by atoms with Gasteiger partial charge in [-0.3, -0.25) is 0 Å². The summed E-state index contributed by atoms with van der Waals surface area (Å²) in [5, 5.41) is 26.1. The first-order valence-corrected chi connectivity index (χ1v) is 3.77. The Labute approximate surface area is 83.7 Å². The number of phenols is 3. The van der Waals surface area contributed by atoms with Crippen LogP contribution in [0.4, 0.5) is 0 Å². The lowest BCUT2D eigenvalue weighted by Gasteiger charge is -1.96. The predicted molar refractivity (Wildman–Crippen MR) is 56.9 cm³/mol. The fourth-order valence-corrected chi connectivity index (χ4v) is 0.519. The third-order valence-electron chi connectivity index (χ3n) is 0.993. The molecule has 0 aliphatic rings. The number of benzene rings is 1. The summed E-state index contributed by atoms with van der Waals surface area (Å²) in [6.07, 6.45) is 0. The summed E-state index contributed by atoms with van der Waals surface area (Å²) in [5.74, 6) is -1.09. The van der Waals surface area contributed by atoms with Gasteiger partial charge < -0.3 is 21.5 Å². The van der Waals surface area contributed by atoms with Crippen LogP contribution in [0.5, 0.6) is 17.2 Å². The van der Waals surface area contributed by atoms with Gasteiger partial charge in [0, 0.05) is 0 Å². The number of hydrogen-bond donors (Lipinski definition) is 4. The molecule has 0 aromatic heterocycles. The molecule has 0 saturated heterocycles. The summed E-state index contributed by atoms with van der Waals surface area (Å²) in [5.41, 5.74) is 1.17. The molecule has 0 radical (unpaired) electrons. The van der Waals surface area contributed by atoms with Gasteiger partial charge in [0.05, 0.1) is 0 Å². The molecule has 0 spiro atoms. The Morgan fingerprint density at radius 1 is 1.07 bits per heavy atom. The average molecular weight is 199 g/mol. The van der Waals surface area contributed by atoms with E-state index in [1.54, 1.807) is 0 Å². The molecule has 0 bridgehead atoms. The minimum absolute atomic E-state index is 0. The van der Waals surface area contributed by atoms with E-state index in [2.05, 4.69) is 6.58 Å². The van der Waals surface area contributed by atoms with Crippen molar-refractivity contribution in [2.75, 3.05) is 0 Å². The number of rotatable bonds is 0. The number of allylic oxidation sites excluding steroid dienone is 1. The highest BCUT2D eigenvalue weighted by atomic mass is 16.3. The van der Waals surface area contributed by atoms with Gasteiger partial charge in [0.15, 0.2) is 17.2 Å². The maximum Gasteiger partial charge on any atom is 0.200 e. The van der Waals surface area contributed by atoms with Crippen molar-refractivity contribution in [2.24, 2.45) is 0 Å². The molecule has 1 aromatic carbocycles. The zero-order valence-corrected chi connectivity index (χ0v) is 8.49. The summed E-state index contributed by atoms with van der Waals surface area (Å²) in [6.45, 7) is 7.50. The second-order valence-corrected chi connectivity index (χ2v) is 2.85. The standard InChI is InChI=1S/C6H6O3.C4H8.H3N/c7-4-2-1-3-5(8)6(4)9;1-4(2)3;/h1-3,7-9H;1H2,2-3H3;1H3. The Balaban J connectivity index is 0. The first-order chi connectivity index (χ1) is 5.95. The number of aromatic hydroxyl groups is 3. The first-order valence-electron chi connectivity index (χ1n) is 3.77. The highest BCUT2D eigenvalue weighted by Gasteiger charge is 2.00. The summed E-state index contributed by atoms with van der Waals surface area (Å²) in [7, 11) is 0. The molecule has 6 N–H and O–H groups in total. The summed E-state index contributed by atoms with van der Waals surface area (Å²) < 4.78 is 0. The number of hydrogen-bond acceptors (Lipinski definition) is 4. The lowest BCUT2D eigenvalue weighted by atomic mass is 10.3. The molecular formula is C10H17NO3. The molecule has 80 valence electrons. The summed E-state index contributed by atoms with van der Waals surface area (Å²) in [4.78, 5) is 0. The van der Waals surface area contributed by atoms with Crippen LogP contribution in [0.1, 0.15) is 13.8 Å². The molecule has 0 aliphatic carbocycles. The molecule has 4 nitrogen and oxygen atoms in total. The highest BCUT2D eigenvalue weighted by molar-refractivity contribution is 5.47. The minimum atomic E-state index is -0.475. The molecule has 1 rings (SSSR count). The molecule has 4 heteroatoms. The maximum atomic E-state index is 8.71. The first kappa shape index (κ1) is 14.8. The van der Waals surface area contributed by atoms with E-state index in [0.717, 1.165) is 0 Å². The zero-order chi connectivity index (χ0) is 10.4. The molecule has 0 amide bonds. The van der Waals surface area contributed by atoms with Gasteiger partial charge in [-0.1, -0.05) is 11.6 Å². The van der Waals surface area contributed by atoms with Crippen molar-refractivity contribution in [3.05, 3.63) is 30.4 Å². The lowest BCUT2D eigenvalue weighted by molar-refractivity contribution is 0.368. The lowest BCUT2D eigenvalue weighted by Crippen LogP contribution is -1.67. The maximum absolute atomic E-state index is 8.71. The van der Waals surface area contributed by atoms with Crippen molar-refractivity contribution < 1.29 is 15.3 Å². The van der Waals surface area contributed by atoms with Crippen LogP contribution in [0.25, 0.3) is 0 Å². The minimum Gasteiger partial charge on any atom is -0.504 e. The van der Waals surface area contributed by atoms with Crippen LogP contribution >= 0.6 is 0 Å². The molecule has 0 saturated carbocycles. The van der Waals surface area contributed by atoms with Crippen LogP contribution in [-0.4, -0.2) is 15.3 Å². The molecule has 1 aromatic rings. The van der Waals surface area contributed by atoms with Gasteiger partial charge >= 0.3 is 0 Å². The van der Waals surface area contributed by atoms with Crippen molar-refractivity contribution in [1.82, 2.24) is 6.15 Å². The Bertz CT molecular complexity index is 273. The monoisotopic (exact) mass is 199 g/mol. The van der Waals surface area contributed by atoms with Crippen LogP contribution in [0, 0.1) is 0 Å².